The summed E-state index contributed by atoms with van der Waals surface area (Å²) in [6.45, 7) is 0. The zero-order chi connectivity index (χ0) is 10.5. The minimum absolute atomic E-state index is 0.691. The predicted octanol–water partition coefficient (Wildman–Crippen LogP) is 3.59. The summed E-state index contributed by atoms with van der Waals surface area (Å²) >= 11 is 1.66. The molecule has 0 unspecified atom stereocenters. The van der Waals surface area contributed by atoms with Crippen LogP contribution >= 0.6 is 11.3 Å². The molecule has 3 nitrogen and oxygen atoms in total. The van der Waals surface area contributed by atoms with Crippen molar-refractivity contribution in [3.63, 3.8) is 0 Å². The highest BCUT2D eigenvalue weighted by Crippen LogP contribution is 2.36. The van der Waals surface area contributed by atoms with E-state index in [1.54, 1.807) is 17.6 Å². The Morgan fingerprint density at radius 2 is 2.12 bits per heavy atom. The Labute approximate surface area is 94.4 Å². The summed E-state index contributed by atoms with van der Waals surface area (Å²) in [7, 11) is 0. The van der Waals surface area contributed by atoms with Gasteiger partial charge in [0.1, 0.15) is 4.83 Å². The fraction of sp³-hybridized carbons (Fsp3) is 0. The molecular weight excluding hydrogens is 220 g/mol. The zero-order valence-corrected chi connectivity index (χ0v) is 8.99. The molecule has 4 rings (SSSR count). The molecule has 0 aromatic carbocycles. The maximum atomic E-state index is 5.32. The summed E-state index contributed by atoms with van der Waals surface area (Å²) in [5, 5.41) is 3.44. The van der Waals surface area contributed by atoms with E-state index in [9.17, 15) is 0 Å². The lowest BCUT2D eigenvalue weighted by Crippen LogP contribution is -1.73. The predicted molar refractivity (Wildman–Crippen MR) is 64.7 cm³/mol. The molecule has 0 amide bonds. The molecule has 0 fully saturated rings. The summed E-state index contributed by atoms with van der Waals surface area (Å²) in [5.74, 6) is 0. The number of fused-ring (bicyclic) bond motifs is 5. The molecule has 4 aromatic rings. The summed E-state index contributed by atoms with van der Waals surface area (Å²) in [5.41, 5.74) is 0.691. The molecule has 0 aliphatic heterocycles. The van der Waals surface area contributed by atoms with E-state index >= 15 is 0 Å². The molecular formula is C12H6N2OS. The number of rotatable bonds is 0. The van der Waals surface area contributed by atoms with Gasteiger partial charge in [0.05, 0.1) is 11.0 Å². The molecule has 0 N–H and O–H groups in total. The van der Waals surface area contributed by atoms with Crippen LogP contribution in [-0.2, 0) is 0 Å². The van der Waals surface area contributed by atoms with Crippen molar-refractivity contribution in [2.24, 2.45) is 0 Å². The van der Waals surface area contributed by atoms with Gasteiger partial charge < -0.3 is 4.42 Å². The van der Waals surface area contributed by atoms with Gasteiger partial charge >= 0.3 is 0 Å². The fourth-order valence-corrected chi connectivity index (χ4v) is 3.06. The van der Waals surface area contributed by atoms with Gasteiger partial charge in [0.15, 0.2) is 0 Å². The van der Waals surface area contributed by atoms with Crippen molar-refractivity contribution in [1.29, 1.82) is 0 Å². The Balaban J connectivity index is 2.42. The molecule has 0 radical (unpaired) electrons. The van der Waals surface area contributed by atoms with Crippen molar-refractivity contribution in [3.05, 3.63) is 36.9 Å². The van der Waals surface area contributed by atoms with E-state index in [0.29, 0.717) is 5.71 Å². The van der Waals surface area contributed by atoms with Crippen LogP contribution in [0.2, 0.25) is 0 Å². The quantitative estimate of drug-likeness (QED) is 0.460. The number of pyridine rings is 2. The van der Waals surface area contributed by atoms with Gasteiger partial charge in [0.25, 0.3) is 0 Å². The summed E-state index contributed by atoms with van der Waals surface area (Å²) in [6, 6.07) is 6.01. The normalized spacial score (nSPS) is 11.8. The number of hydrogen-bond acceptors (Lipinski definition) is 4. The highest BCUT2D eigenvalue weighted by Gasteiger charge is 2.10. The van der Waals surface area contributed by atoms with Gasteiger partial charge in [0.2, 0.25) is 5.71 Å². The fourth-order valence-electron chi connectivity index (χ4n) is 2.03. The van der Waals surface area contributed by atoms with Gasteiger partial charge in [0, 0.05) is 28.6 Å². The molecule has 0 aliphatic carbocycles. The molecule has 4 heterocycles. The molecule has 0 saturated heterocycles. The molecule has 0 saturated carbocycles. The number of aromatic nitrogens is 2. The molecule has 16 heavy (non-hydrogen) atoms. The summed E-state index contributed by atoms with van der Waals surface area (Å²) in [6.07, 6.45) is 5.35. The maximum Gasteiger partial charge on any atom is 0.226 e. The lowest BCUT2D eigenvalue weighted by Gasteiger charge is -1.91. The monoisotopic (exact) mass is 226 g/mol. The van der Waals surface area contributed by atoms with Gasteiger partial charge in [-0.25, -0.2) is 9.97 Å². The first-order valence-electron chi connectivity index (χ1n) is 4.93. The molecule has 0 atom stereocenters. The van der Waals surface area contributed by atoms with Crippen molar-refractivity contribution >= 4 is 42.7 Å². The Hall–Kier alpha value is -1.94. The van der Waals surface area contributed by atoms with Crippen molar-refractivity contribution in [2.45, 2.75) is 0 Å². The average molecular weight is 226 g/mol. The van der Waals surface area contributed by atoms with Crippen molar-refractivity contribution < 1.29 is 4.42 Å². The van der Waals surface area contributed by atoms with E-state index in [2.05, 4.69) is 16.0 Å². The van der Waals surface area contributed by atoms with Gasteiger partial charge in [-0.1, -0.05) is 0 Å². The van der Waals surface area contributed by atoms with Crippen molar-refractivity contribution in [1.82, 2.24) is 9.97 Å². The van der Waals surface area contributed by atoms with E-state index in [1.807, 2.05) is 24.5 Å². The number of furan rings is 1. The van der Waals surface area contributed by atoms with Crippen LogP contribution in [0.3, 0.4) is 0 Å². The third kappa shape index (κ3) is 0.919. The maximum absolute atomic E-state index is 5.32. The van der Waals surface area contributed by atoms with Crippen LogP contribution < -0.4 is 0 Å². The van der Waals surface area contributed by atoms with Crippen LogP contribution in [0.5, 0.6) is 0 Å². The van der Waals surface area contributed by atoms with Gasteiger partial charge in [-0.3, -0.25) is 0 Å². The Kier molecular flexibility index (Phi) is 1.44. The van der Waals surface area contributed by atoms with E-state index < -0.39 is 0 Å². The third-order valence-electron chi connectivity index (χ3n) is 2.71. The minimum Gasteiger partial charge on any atom is -0.446 e. The number of hydrogen-bond donors (Lipinski definition) is 0. The number of nitrogens with zero attached hydrogens (tertiary/aromatic N) is 2. The first-order chi connectivity index (χ1) is 7.93. The molecule has 76 valence electrons. The van der Waals surface area contributed by atoms with Crippen LogP contribution in [0.4, 0.5) is 0 Å². The molecule has 0 aliphatic rings. The Morgan fingerprint density at radius 3 is 3.12 bits per heavy atom. The second-order valence-electron chi connectivity index (χ2n) is 3.60. The smallest absolute Gasteiger partial charge is 0.226 e. The highest BCUT2D eigenvalue weighted by atomic mass is 32.1. The third-order valence-corrected chi connectivity index (χ3v) is 3.75. The SMILES string of the molecule is c1cnc2sc3cnc4occc4c3c2c1. The van der Waals surface area contributed by atoms with Crippen LogP contribution in [0.1, 0.15) is 0 Å². The van der Waals surface area contributed by atoms with Crippen LogP contribution in [0.15, 0.2) is 41.3 Å². The second kappa shape index (κ2) is 2.80. The molecule has 4 heteroatoms. The second-order valence-corrected chi connectivity index (χ2v) is 4.63. The Bertz CT molecular complexity index is 815. The molecule has 0 bridgehead atoms. The standard InChI is InChI=1S/C12H6N2OS/c1-2-8-10-7-3-5-15-11(7)14-6-9(10)16-12(8)13-4-1/h1-6H. The summed E-state index contributed by atoms with van der Waals surface area (Å²) < 4.78 is 6.47. The highest BCUT2D eigenvalue weighted by molar-refractivity contribution is 7.25. The van der Waals surface area contributed by atoms with Crippen LogP contribution in [0.25, 0.3) is 31.4 Å². The van der Waals surface area contributed by atoms with Crippen LogP contribution in [0, 0.1) is 0 Å². The van der Waals surface area contributed by atoms with E-state index in [-0.39, 0.29) is 0 Å². The Morgan fingerprint density at radius 1 is 1.12 bits per heavy atom. The largest absolute Gasteiger partial charge is 0.446 e. The van der Waals surface area contributed by atoms with Crippen molar-refractivity contribution in [3.8, 4) is 0 Å². The lowest BCUT2D eigenvalue weighted by molar-refractivity contribution is 0.603. The first kappa shape index (κ1) is 8.24. The van der Waals surface area contributed by atoms with E-state index in [0.717, 1.165) is 14.9 Å². The minimum atomic E-state index is 0.691. The summed E-state index contributed by atoms with van der Waals surface area (Å²) in [4.78, 5) is 9.70. The lowest BCUT2D eigenvalue weighted by atomic mass is 10.2. The first-order valence-corrected chi connectivity index (χ1v) is 5.74. The number of thiophene rings is 1. The van der Waals surface area contributed by atoms with E-state index in [4.69, 9.17) is 4.42 Å². The van der Waals surface area contributed by atoms with Crippen molar-refractivity contribution in [2.75, 3.05) is 0 Å². The molecule has 4 aromatic heterocycles. The molecule has 0 spiro atoms. The van der Waals surface area contributed by atoms with Gasteiger partial charge in [-0.2, -0.15) is 0 Å². The van der Waals surface area contributed by atoms with Gasteiger partial charge in [-0.05, 0) is 18.2 Å². The average Bonchev–Trinajstić information content (AvgIpc) is 2.91. The zero-order valence-electron chi connectivity index (χ0n) is 8.18. The van der Waals surface area contributed by atoms with E-state index in [1.165, 1.54) is 10.8 Å². The topological polar surface area (TPSA) is 38.9 Å². The van der Waals surface area contributed by atoms with Gasteiger partial charge in [-0.15, -0.1) is 11.3 Å². The van der Waals surface area contributed by atoms with Crippen LogP contribution in [-0.4, -0.2) is 9.97 Å².